The highest BCUT2D eigenvalue weighted by Gasteiger charge is 2.38. The molecule has 1 aliphatic carbocycles. The number of thiazole rings is 1. The third kappa shape index (κ3) is 2.19. The van der Waals surface area contributed by atoms with Gasteiger partial charge in [0.05, 0.1) is 4.92 Å². The van der Waals surface area contributed by atoms with Gasteiger partial charge in [-0.05, 0) is 23.3 Å². The largest absolute Gasteiger partial charge is 0.358 e. The molecule has 0 spiro atoms. The molecule has 0 radical (unpaired) electrons. The van der Waals surface area contributed by atoms with E-state index in [-0.39, 0.29) is 5.00 Å². The standard InChI is InChI=1S/C12H11N3O2S/c16-15(17)11-7-13-12(18-11)14-10-6-9(10)8-4-2-1-3-5-8/h1-5,7,9-10H,6H2,(H,13,14). The second-order valence-electron chi connectivity index (χ2n) is 4.26. The number of rotatable bonds is 4. The summed E-state index contributed by atoms with van der Waals surface area (Å²) in [4.78, 5) is 14.1. The Balaban J connectivity index is 1.64. The van der Waals surface area contributed by atoms with E-state index < -0.39 is 4.92 Å². The van der Waals surface area contributed by atoms with E-state index in [1.165, 1.54) is 11.8 Å². The zero-order chi connectivity index (χ0) is 12.5. The molecule has 6 heteroatoms. The minimum Gasteiger partial charge on any atom is -0.358 e. The summed E-state index contributed by atoms with van der Waals surface area (Å²) in [6.45, 7) is 0. The van der Waals surface area contributed by atoms with E-state index >= 15 is 0 Å². The van der Waals surface area contributed by atoms with Crippen molar-refractivity contribution in [1.82, 2.24) is 4.98 Å². The van der Waals surface area contributed by atoms with Crippen molar-refractivity contribution in [1.29, 1.82) is 0 Å². The maximum absolute atomic E-state index is 10.5. The molecule has 0 saturated heterocycles. The Hall–Kier alpha value is -1.95. The molecule has 5 nitrogen and oxygen atoms in total. The molecule has 3 rings (SSSR count). The fourth-order valence-electron chi connectivity index (χ4n) is 2.00. The maximum Gasteiger partial charge on any atom is 0.345 e. The van der Waals surface area contributed by atoms with Crippen molar-refractivity contribution in [3.05, 3.63) is 52.2 Å². The number of aromatic nitrogens is 1. The molecule has 1 heterocycles. The number of nitro groups is 1. The molecule has 1 aromatic carbocycles. The predicted octanol–water partition coefficient (Wildman–Crippen LogP) is 3.02. The summed E-state index contributed by atoms with van der Waals surface area (Å²) in [6, 6.07) is 10.6. The zero-order valence-electron chi connectivity index (χ0n) is 9.45. The molecule has 92 valence electrons. The van der Waals surface area contributed by atoms with E-state index in [4.69, 9.17) is 0 Å². The van der Waals surface area contributed by atoms with Crippen molar-refractivity contribution in [2.24, 2.45) is 0 Å². The zero-order valence-corrected chi connectivity index (χ0v) is 10.3. The third-order valence-electron chi connectivity index (χ3n) is 3.00. The van der Waals surface area contributed by atoms with Gasteiger partial charge in [0.2, 0.25) is 0 Å². The van der Waals surface area contributed by atoms with Crippen LogP contribution in [0, 0.1) is 10.1 Å². The van der Waals surface area contributed by atoms with Crippen LogP contribution < -0.4 is 5.32 Å². The summed E-state index contributed by atoms with van der Waals surface area (Å²) in [7, 11) is 0. The molecule has 0 amide bonds. The smallest absolute Gasteiger partial charge is 0.345 e. The van der Waals surface area contributed by atoms with E-state index in [0.29, 0.717) is 17.1 Å². The van der Waals surface area contributed by atoms with Crippen molar-refractivity contribution in [2.75, 3.05) is 5.32 Å². The Morgan fingerprint density at radius 3 is 2.83 bits per heavy atom. The highest BCUT2D eigenvalue weighted by Crippen LogP contribution is 2.43. The summed E-state index contributed by atoms with van der Waals surface area (Å²) in [6.07, 6.45) is 2.35. The summed E-state index contributed by atoms with van der Waals surface area (Å²) in [5.41, 5.74) is 1.31. The Kier molecular flexibility index (Phi) is 2.71. The number of nitrogens with zero attached hydrogens (tertiary/aromatic N) is 2. The van der Waals surface area contributed by atoms with Crippen LogP contribution in [0.25, 0.3) is 0 Å². The molecule has 1 saturated carbocycles. The lowest BCUT2D eigenvalue weighted by Gasteiger charge is -2.01. The topological polar surface area (TPSA) is 68.1 Å². The number of nitrogens with one attached hydrogen (secondary N) is 1. The first-order chi connectivity index (χ1) is 8.74. The second kappa shape index (κ2) is 4.38. The average Bonchev–Trinajstić information content (AvgIpc) is 2.97. The van der Waals surface area contributed by atoms with E-state index in [9.17, 15) is 10.1 Å². The highest BCUT2D eigenvalue weighted by molar-refractivity contribution is 7.18. The quantitative estimate of drug-likeness (QED) is 0.678. The summed E-state index contributed by atoms with van der Waals surface area (Å²) >= 11 is 1.09. The second-order valence-corrected chi connectivity index (χ2v) is 5.27. The lowest BCUT2D eigenvalue weighted by Crippen LogP contribution is -2.03. The molecule has 1 fully saturated rings. The first kappa shape index (κ1) is 11.2. The van der Waals surface area contributed by atoms with Crippen molar-refractivity contribution in [2.45, 2.75) is 18.4 Å². The molecular weight excluding hydrogens is 250 g/mol. The van der Waals surface area contributed by atoms with Crippen LogP contribution >= 0.6 is 11.3 Å². The van der Waals surface area contributed by atoms with Crippen LogP contribution in [0.4, 0.5) is 10.1 Å². The first-order valence-electron chi connectivity index (χ1n) is 5.66. The lowest BCUT2D eigenvalue weighted by atomic mass is 10.1. The lowest BCUT2D eigenvalue weighted by molar-refractivity contribution is -0.380. The van der Waals surface area contributed by atoms with Crippen LogP contribution in [0.5, 0.6) is 0 Å². The minimum absolute atomic E-state index is 0.0782. The Morgan fingerprint density at radius 2 is 2.17 bits per heavy atom. The maximum atomic E-state index is 10.5. The molecule has 1 aliphatic rings. The summed E-state index contributed by atoms with van der Waals surface area (Å²) in [5.74, 6) is 0.495. The Labute approximate surface area is 108 Å². The predicted molar refractivity (Wildman–Crippen MR) is 70.0 cm³/mol. The molecule has 2 unspecified atom stereocenters. The van der Waals surface area contributed by atoms with Crippen LogP contribution in [0.1, 0.15) is 17.9 Å². The molecular formula is C12H11N3O2S. The van der Waals surface area contributed by atoms with Gasteiger partial charge in [0.1, 0.15) is 6.20 Å². The molecule has 2 aromatic rings. The van der Waals surface area contributed by atoms with Gasteiger partial charge in [0, 0.05) is 12.0 Å². The average molecular weight is 261 g/mol. The van der Waals surface area contributed by atoms with Gasteiger partial charge in [0.15, 0.2) is 5.13 Å². The van der Waals surface area contributed by atoms with Gasteiger partial charge in [-0.3, -0.25) is 10.1 Å². The van der Waals surface area contributed by atoms with Gasteiger partial charge in [-0.2, -0.15) is 0 Å². The van der Waals surface area contributed by atoms with Gasteiger partial charge >= 0.3 is 5.00 Å². The fraction of sp³-hybridized carbons (Fsp3) is 0.250. The van der Waals surface area contributed by atoms with E-state index in [0.717, 1.165) is 17.8 Å². The van der Waals surface area contributed by atoms with Crippen molar-refractivity contribution in [3.63, 3.8) is 0 Å². The van der Waals surface area contributed by atoms with Crippen molar-refractivity contribution in [3.8, 4) is 0 Å². The molecule has 1 N–H and O–H groups in total. The van der Waals surface area contributed by atoms with E-state index in [1.54, 1.807) is 0 Å². The highest BCUT2D eigenvalue weighted by atomic mass is 32.1. The van der Waals surface area contributed by atoms with Gasteiger partial charge in [-0.15, -0.1) is 0 Å². The van der Waals surface area contributed by atoms with Gasteiger partial charge < -0.3 is 5.32 Å². The molecule has 1 aromatic heterocycles. The molecule has 0 bridgehead atoms. The van der Waals surface area contributed by atoms with E-state index in [2.05, 4.69) is 22.4 Å². The minimum atomic E-state index is -0.412. The number of benzene rings is 1. The Bertz CT molecular complexity index is 570. The normalized spacial score (nSPS) is 21.6. The number of hydrogen-bond donors (Lipinski definition) is 1. The monoisotopic (exact) mass is 261 g/mol. The molecule has 0 aliphatic heterocycles. The molecule has 2 atom stereocenters. The fourth-order valence-corrected chi connectivity index (χ4v) is 2.69. The van der Waals surface area contributed by atoms with Gasteiger partial charge in [0.25, 0.3) is 0 Å². The number of anilines is 1. The third-order valence-corrected chi connectivity index (χ3v) is 3.88. The first-order valence-corrected chi connectivity index (χ1v) is 6.47. The Morgan fingerprint density at radius 1 is 1.39 bits per heavy atom. The van der Waals surface area contributed by atoms with Crippen molar-refractivity contribution >= 4 is 21.5 Å². The van der Waals surface area contributed by atoms with Crippen LogP contribution in [-0.2, 0) is 0 Å². The van der Waals surface area contributed by atoms with Crippen molar-refractivity contribution < 1.29 is 4.92 Å². The van der Waals surface area contributed by atoms with Crippen LogP contribution in [0.15, 0.2) is 36.5 Å². The van der Waals surface area contributed by atoms with E-state index in [1.807, 2.05) is 18.2 Å². The van der Waals surface area contributed by atoms with Gasteiger partial charge in [-0.25, -0.2) is 4.98 Å². The summed E-state index contributed by atoms with van der Waals surface area (Å²) < 4.78 is 0. The van der Waals surface area contributed by atoms with Crippen LogP contribution in [0.3, 0.4) is 0 Å². The summed E-state index contributed by atoms with van der Waals surface area (Å²) in [5, 5.41) is 14.5. The number of hydrogen-bond acceptors (Lipinski definition) is 5. The molecule has 18 heavy (non-hydrogen) atoms. The van der Waals surface area contributed by atoms with Gasteiger partial charge in [-0.1, -0.05) is 30.3 Å². The SMILES string of the molecule is O=[N+]([O-])c1cnc(NC2CC2c2ccccc2)s1. The van der Waals surface area contributed by atoms with Crippen LogP contribution in [-0.4, -0.2) is 15.9 Å². The van der Waals surface area contributed by atoms with Crippen LogP contribution in [0.2, 0.25) is 0 Å².